The molecule has 6 nitrogen and oxygen atoms in total. The van der Waals surface area contributed by atoms with Crippen molar-refractivity contribution >= 4 is 11.9 Å². The summed E-state index contributed by atoms with van der Waals surface area (Å²) < 4.78 is 16.3. The Balaban J connectivity index is 1.89. The van der Waals surface area contributed by atoms with Crippen LogP contribution in [0, 0.1) is 0 Å². The second kappa shape index (κ2) is 35.5. The van der Waals surface area contributed by atoms with Gasteiger partial charge in [-0.05, 0) is 51.4 Å². The predicted octanol–water partition coefficient (Wildman–Crippen LogP) is 12.2. The largest absolute Gasteiger partial charge is 0.462 e. The first-order valence-corrected chi connectivity index (χ1v) is 21.2. The summed E-state index contributed by atoms with van der Waals surface area (Å²) in [6, 6.07) is 0. The Morgan fingerprint density at radius 2 is 1.00 bits per heavy atom. The lowest BCUT2D eigenvalue weighted by atomic mass is 10.0. The number of epoxide rings is 1. The van der Waals surface area contributed by atoms with E-state index in [-0.39, 0.29) is 31.6 Å². The Bertz CT molecular complexity index is 865. The van der Waals surface area contributed by atoms with E-state index in [2.05, 4.69) is 50.3 Å². The minimum atomic E-state index is -0.802. The van der Waals surface area contributed by atoms with Gasteiger partial charge < -0.3 is 19.3 Å². The molecule has 6 heteroatoms. The van der Waals surface area contributed by atoms with E-state index in [1.165, 1.54) is 122 Å². The predicted molar refractivity (Wildman–Crippen MR) is 209 cm³/mol. The lowest BCUT2D eigenvalue weighted by molar-refractivity contribution is -0.161. The van der Waals surface area contributed by atoms with Gasteiger partial charge in [0.2, 0.25) is 0 Å². The first kappa shape index (κ1) is 46.1. The molecule has 1 saturated heterocycles. The lowest BCUT2D eigenvalue weighted by Crippen LogP contribution is -2.28. The number of hydrogen-bond acceptors (Lipinski definition) is 6. The van der Waals surface area contributed by atoms with Crippen LogP contribution in [0.25, 0.3) is 0 Å². The third-order valence-corrected chi connectivity index (χ3v) is 9.59. The molecule has 0 spiro atoms. The highest BCUT2D eigenvalue weighted by Gasteiger charge is 2.35. The van der Waals surface area contributed by atoms with Crippen LogP contribution in [0.1, 0.15) is 200 Å². The lowest BCUT2D eigenvalue weighted by Gasteiger charge is -2.15. The maximum absolute atomic E-state index is 12.2. The molecule has 1 rings (SSSR count). The fourth-order valence-electron chi connectivity index (χ4n) is 6.24. The standard InChI is InChI=1S/C44H78O6/c1-3-5-7-9-11-12-13-14-15-16-17-18-19-20-21-24-28-32-36-43(46)48-39-40(38-45)49-44(47)37-33-29-25-22-23-27-31-35-42-41(50-42)34-30-26-10-8-6-4-2/h22,25-27,30-31,40-42,45H,3-21,23-24,28-29,32-39H2,1-2H3/b25-22-,30-26-,31-27-/t40-,41?,42?/m0/s1. The van der Waals surface area contributed by atoms with Crippen LogP contribution in [0.3, 0.4) is 0 Å². The zero-order valence-electron chi connectivity index (χ0n) is 32.6. The van der Waals surface area contributed by atoms with Crippen molar-refractivity contribution in [3.8, 4) is 0 Å². The van der Waals surface area contributed by atoms with Crippen LogP contribution >= 0.6 is 0 Å². The van der Waals surface area contributed by atoms with Crippen LogP contribution in [0.5, 0.6) is 0 Å². The van der Waals surface area contributed by atoms with Crippen LogP contribution in [0.15, 0.2) is 36.5 Å². The summed E-state index contributed by atoms with van der Waals surface area (Å²) in [5.41, 5.74) is 0. The van der Waals surface area contributed by atoms with Crippen molar-refractivity contribution in [1.29, 1.82) is 0 Å². The van der Waals surface area contributed by atoms with Crippen LogP contribution < -0.4 is 0 Å². The van der Waals surface area contributed by atoms with Crippen molar-refractivity contribution < 1.29 is 28.9 Å². The van der Waals surface area contributed by atoms with Gasteiger partial charge in [-0.2, -0.15) is 0 Å². The molecule has 1 fully saturated rings. The average molecular weight is 703 g/mol. The Morgan fingerprint density at radius 3 is 1.56 bits per heavy atom. The van der Waals surface area contributed by atoms with E-state index in [1.807, 2.05) is 0 Å². The SMILES string of the molecule is CCCCC/C=C\CC1OC1C/C=C\C/C=C\CCCC(=O)O[C@@H](CO)COC(=O)CCCCCCCCCCCCCCCCCCCC. The molecule has 1 N–H and O–H groups in total. The number of carbonyl (C=O) groups excluding carboxylic acids is 2. The van der Waals surface area contributed by atoms with Gasteiger partial charge in [0.15, 0.2) is 6.10 Å². The van der Waals surface area contributed by atoms with Gasteiger partial charge in [-0.15, -0.1) is 0 Å². The molecular weight excluding hydrogens is 624 g/mol. The van der Waals surface area contributed by atoms with Gasteiger partial charge in [0, 0.05) is 12.8 Å². The Morgan fingerprint density at radius 1 is 0.560 bits per heavy atom. The molecule has 0 radical (unpaired) electrons. The maximum Gasteiger partial charge on any atom is 0.306 e. The molecule has 50 heavy (non-hydrogen) atoms. The van der Waals surface area contributed by atoms with Gasteiger partial charge in [0.05, 0.1) is 18.8 Å². The number of allylic oxidation sites excluding steroid dienone is 4. The number of esters is 2. The van der Waals surface area contributed by atoms with E-state index < -0.39 is 6.10 Å². The second-order valence-electron chi connectivity index (χ2n) is 14.5. The quantitative estimate of drug-likeness (QED) is 0.0300. The van der Waals surface area contributed by atoms with Gasteiger partial charge in [0.25, 0.3) is 0 Å². The zero-order valence-corrected chi connectivity index (χ0v) is 32.6. The summed E-state index contributed by atoms with van der Waals surface area (Å²) in [6.07, 6.45) is 46.7. The molecule has 3 atom stereocenters. The maximum atomic E-state index is 12.2. The molecular formula is C44H78O6. The number of unbranched alkanes of at least 4 members (excludes halogenated alkanes) is 21. The summed E-state index contributed by atoms with van der Waals surface area (Å²) in [6.45, 7) is 4.07. The molecule has 2 unspecified atom stereocenters. The smallest absolute Gasteiger partial charge is 0.306 e. The summed E-state index contributed by atoms with van der Waals surface area (Å²) >= 11 is 0. The van der Waals surface area contributed by atoms with E-state index in [0.29, 0.717) is 25.0 Å². The minimum absolute atomic E-state index is 0.0885. The first-order valence-electron chi connectivity index (χ1n) is 21.2. The Kier molecular flexibility index (Phi) is 32.7. The van der Waals surface area contributed by atoms with E-state index in [0.717, 1.165) is 44.9 Å². The molecule has 0 aromatic carbocycles. The molecule has 1 heterocycles. The monoisotopic (exact) mass is 703 g/mol. The van der Waals surface area contributed by atoms with E-state index >= 15 is 0 Å². The zero-order chi connectivity index (χ0) is 36.2. The summed E-state index contributed by atoms with van der Waals surface area (Å²) in [4.78, 5) is 24.3. The highest BCUT2D eigenvalue weighted by molar-refractivity contribution is 5.70. The second-order valence-corrected chi connectivity index (χ2v) is 14.5. The molecule has 0 saturated carbocycles. The van der Waals surface area contributed by atoms with Gasteiger partial charge in [0.1, 0.15) is 6.61 Å². The Hall–Kier alpha value is -1.92. The van der Waals surface area contributed by atoms with Crippen molar-refractivity contribution in [2.45, 2.75) is 218 Å². The minimum Gasteiger partial charge on any atom is -0.462 e. The summed E-state index contributed by atoms with van der Waals surface area (Å²) in [5.74, 6) is -0.656. The highest BCUT2D eigenvalue weighted by Crippen LogP contribution is 2.29. The van der Waals surface area contributed by atoms with Crippen molar-refractivity contribution in [3.63, 3.8) is 0 Å². The molecule has 0 bridgehead atoms. The number of ether oxygens (including phenoxy) is 3. The van der Waals surface area contributed by atoms with Crippen LogP contribution in [-0.4, -0.2) is 48.6 Å². The van der Waals surface area contributed by atoms with E-state index in [4.69, 9.17) is 14.2 Å². The molecule has 0 aromatic rings. The van der Waals surface area contributed by atoms with Gasteiger partial charge in [-0.25, -0.2) is 0 Å². The number of aliphatic hydroxyl groups is 1. The van der Waals surface area contributed by atoms with Crippen molar-refractivity contribution in [1.82, 2.24) is 0 Å². The summed E-state index contributed by atoms with van der Waals surface area (Å²) in [5, 5.41) is 9.57. The average Bonchev–Trinajstić information content (AvgIpc) is 3.87. The van der Waals surface area contributed by atoms with Crippen molar-refractivity contribution in [2.75, 3.05) is 13.2 Å². The van der Waals surface area contributed by atoms with Gasteiger partial charge >= 0.3 is 11.9 Å². The van der Waals surface area contributed by atoms with Crippen molar-refractivity contribution in [3.05, 3.63) is 36.5 Å². The first-order chi connectivity index (χ1) is 24.6. The van der Waals surface area contributed by atoms with E-state index in [9.17, 15) is 14.7 Å². The molecule has 1 aliphatic heterocycles. The van der Waals surface area contributed by atoms with Crippen LogP contribution in [0.4, 0.5) is 0 Å². The third kappa shape index (κ3) is 30.9. The fourth-order valence-corrected chi connectivity index (χ4v) is 6.24. The number of rotatable bonds is 37. The molecule has 0 aromatic heterocycles. The number of hydrogen-bond donors (Lipinski definition) is 1. The number of aliphatic hydroxyl groups excluding tert-OH is 1. The van der Waals surface area contributed by atoms with Crippen molar-refractivity contribution in [2.24, 2.45) is 0 Å². The van der Waals surface area contributed by atoms with Crippen LogP contribution in [0.2, 0.25) is 0 Å². The van der Waals surface area contributed by atoms with Gasteiger partial charge in [-0.3, -0.25) is 9.59 Å². The normalized spacial score (nSPS) is 16.5. The topological polar surface area (TPSA) is 85.4 Å². The van der Waals surface area contributed by atoms with Crippen LogP contribution in [-0.2, 0) is 23.8 Å². The summed E-state index contributed by atoms with van der Waals surface area (Å²) in [7, 11) is 0. The fraction of sp³-hybridized carbons (Fsp3) is 0.818. The van der Waals surface area contributed by atoms with E-state index in [1.54, 1.807) is 0 Å². The molecule has 1 aliphatic rings. The highest BCUT2D eigenvalue weighted by atomic mass is 16.6. The molecule has 0 amide bonds. The number of carbonyl (C=O) groups is 2. The Labute approximate surface area is 308 Å². The molecule has 0 aliphatic carbocycles. The third-order valence-electron chi connectivity index (χ3n) is 9.59. The molecule has 290 valence electrons. The van der Waals surface area contributed by atoms with Gasteiger partial charge in [-0.1, -0.05) is 172 Å².